The third-order valence-electron chi connectivity index (χ3n) is 4.10. The normalized spacial score (nSPS) is 23.9. The topological polar surface area (TPSA) is 56.8 Å². The number of fused-ring (bicyclic) bond motifs is 1. The summed E-state index contributed by atoms with van der Waals surface area (Å²) >= 11 is 0. The Morgan fingerprint density at radius 3 is 2.95 bits per heavy atom. The number of carbonyl (C=O) groups excluding carboxylic acids is 1. The SMILES string of the molecule is CCOC(=O)[C@]1(Cc2ccc3c(c2)OCO3)CCCCN1. The first kappa shape index (κ1) is 14.2. The maximum Gasteiger partial charge on any atom is 0.326 e. The highest BCUT2D eigenvalue weighted by Crippen LogP contribution is 2.34. The van der Waals surface area contributed by atoms with Crippen LogP contribution in [-0.4, -0.2) is 31.5 Å². The minimum absolute atomic E-state index is 0.151. The van der Waals surface area contributed by atoms with Crippen molar-refractivity contribution in [2.45, 2.75) is 38.1 Å². The molecule has 0 aliphatic carbocycles. The predicted octanol–water partition coefficient (Wildman–Crippen LogP) is 2.03. The van der Waals surface area contributed by atoms with Gasteiger partial charge in [0.05, 0.1) is 6.61 Å². The van der Waals surface area contributed by atoms with Gasteiger partial charge in [-0.2, -0.15) is 0 Å². The third-order valence-corrected chi connectivity index (χ3v) is 4.10. The number of hydrogen-bond donors (Lipinski definition) is 1. The zero-order valence-electron chi connectivity index (χ0n) is 12.3. The van der Waals surface area contributed by atoms with E-state index < -0.39 is 5.54 Å². The molecule has 1 saturated heterocycles. The number of piperidine rings is 1. The highest BCUT2D eigenvalue weighted by atomic mass is 16.7. The first-order chi connectivity index (χ1) is 10.2. The Morgan fingerprint density at radius 2 is 2.19 bits per heavy atom. The molecular formula is C16H21NO4. The molecule has 21 heavy (non-hydrogen) atoms. The maximum atomic E-state index is 12.4. The number of esters is 1. The number of carbonyl (C=O) groups is 1. The van der Waals surface area contributed by atoms with Crippen molar-refractivity contribution < 1.29 is 19.0 Å². The second-order valence-corrected chi connectivity index (χ2v) is 5.55. The lowest BCUT2D eigenvalue weighted by atomic mass is 9.83. The van der Waals surface area contributed by atoms with E-state index in [9.17, 15) is 4.79 Å². The molecule has 0 aromatic heterocycles. The van der Waals surface area contributed by atoms with Gasteiger partial charge in [0.1, 0.15) is 5.54 Å². The Bertz CT molecular complexity index is 523. The zero-order valence-corrected chi connectivity index (χ0v) is 12.3. The zero-order chi connectivity index (χ0) is 14.7. The molecular weight excluding hydrogens is 270 g/mol. The van der Waals surface area contributed by atoms with E-state index in [-0.39, 0.29) is 12.8 Å². The summed E-state index contributed by atoms with van der Waals surface area (Å²) in [5.74, 6) is 1.37. The van der Waals surface area contributed by atoms with E-state index in [1.54, 1.807) is 0 Å². The van der Waals surface area contributed by atoms with E-state index in [0.29, 0.717) is 13.0 Å². The van der Waals surface area contributed by atoms with Crippen LogP contribution in [0, 0.1) is 0 Å². The average molecular weight is 291 g/mol. The highest BCUT2D eigenvalue weighted by Gasteiger charge is 2.41. The molecule has 1 fully saturated rings. The van der Waals surface area contributed by atoms with Crippen LogP contribution >= 0.6 is 0 Å². The molecule has 5 nitrogen and oxygen atoms in total. The molecule has 3 rings (SSSR count). The number of rotatable bonds is 4. The third kappa shape index (κ3) is 2.83. The summed E-state index contributed by atoms with van der Waals surface area (Å²) in [6.45, 7) is 3.36. The molecule has 2 aliphatic heterocycles. The molecule has 2 heterocycles. The monoisotopic (exact) mass is 291 g/mol. The molecule has 0 radical (unpaired) electrons. The molecule has 2 aliphatic rings. The first-order valence-electron chi connectivity index (χ1n) is 7.54. The second kappa shape index (κ2) is 5.93. The Hall–Kier alpha value is -1.75. The van der Waals surface area contributed by atoms with Crippen LogP contribution in [0.5, 0.6) is 11.5 Å². The van der Waals surface area contributed by atoms with Crippen LogP contribution in [0.4, 0.5) is 0 Å². The molecule has 0 saturated carbocycles. The summed E-state index contributed by atoms with van der Waals surface area (Å²) in [4.78, 5) is 12.4. The number of nitrogens with one attached hydrogen (secondary N) is 1. The van der Waals surface area contributed by atoms with E-state index in [2.05, 4.69) is 5.32 Å². The van der Waals surface area contributed by atoms with Crippen molar-refractivity contribution in [1.82, 2.24) is 5.32 Å². The summed E-state index contributed by atoms with van der Waals surface area (Å²) in [7, 11) is 0. The summed E-state index contributed by atoms with van der Waals surface area (Å²) in [6.07, 6.45) is 3.56. The minimum Gasteiger partial charge on any atom is -0.465 e. The first-order valence-corrected chi connectivity index (χ1v) is 7.54. The van der Waals surface area contributed by atoms with Crippen LogP contribution < -0.4 is 14.8 Å². The molecule has 1 atom stereocenters. The molecule has 0 spiro atoms. The summed E-state index contributed by atoms with van der Waals surface area (Å²) < 4.78 is 16.0. The Morgan fingerprint density at radius 1 is 1.33 bits per heavy atom. The highest BCUT2D eigenvalue weighted by molar-refractivity contribution is 5.81. The van der Waals surface area contributed by atoms with Gasteiger partial charge in [-0.15, -0.1) is 0 Å². The van der Waals surface area contributed by atoms with Gasteiger partial charge in [0, 0.05) is 6.42 Å². The van der Waals surface area contributed by atoms with Crippen LogP contribution in [0.25, 0.3) is 0 Å². The Balaban J connectivity index is 1.82. The fourth-order valence-electron chi connectivity index (χ4n) is 3.03. The van der Waals surface area contributed by atoms with Crippen molar-refractivity contribution in [2.75, 3.05) is 19.9 Å². The van der Waals surface area contributed by atoms with Crippen molar-refractivity contribution in [3.8, 4) is 11.5 Å². The second-order valence-electron chi connectivity index (χ2n) is 5.55. The van der Waals surface area contributed by atoms with Crippen molar-refractivity contribution in [2.24, 2.45) is 0 Å². The summed E-state index contributed by atoms with van der Waals surface area (Å²) in [5.41, 5.74) is 0.448. The van der Waals surface area contributed by atoms with Gasteiger partial charge in [-0.3, -0.25) is 4.79 Å². The largest absolute Gasteiger partial charge is 0.465 e. The standard InChI is InChI=1S/C16H21NO4/c1-2-19-15(18)16(7-3-4-8-17-16)10-12-5-6-13-14(9-12)21-11-20-13/h5-6,9,17H,2-4,7-8,10-11H2,1H3/t16-/m1/s1. The fraction of sp³-hybridized carbons (Fsp3) is 0.562. The number of benzene rings is 1. The van der Waals surface area contributed by atoms with E-state index in [1.807, 2.05) is 25.1 Å². The van der Waals surface area contributed by atoms with E-state index in [0.717, 1.165) is 42.9 Å². The van der Waals surface area contributed by atoms with Crippen molar-refractivity contribution in [1.29, 1.82) is 0 Å². The molecule has 0 bridgehead atoms. The molecule has 1 aromatic rings. The molecule has 1 aromatic carbocycles. The Labute approximate surface area is 124 Å². The quantitative estimate of drug-likeness (QED) is 0.860. The van der Waals surface area contributed by atoms with Crippen molar-refractivity contribution >= 4 is 5.97 Å². The lowest BCUT2D eigenvalue weighted by molar-refractivity contribution is -0.152. The van der Waals surface area contributed by atoms with Crippen molar-refractivity contribution in [3.05, 3.63) is 23.8 Å². The van der Waals surface area contributed by atoms with Gasteiger partial charge in [0.2, 0.25) is 6.79 Å². The van der Waals surface area contributed by atoms with Gasteiger partial charge in [-0.1, -0.05) is 6.07 Å². The van der Waals surface area contributed by atoms with Gasteiger partial charge in [0.25, 0.3) is 0 Å². The minimum atomic E-state index is -0.609. The van der Waals surface area contributed by atoms with Gasteiger partial charge < -0.3 is 19.5 Å². The van der Waals surface area contributed by atoms with Gasteiger partial charge >= 0.3 is 5.97 Å². The predicted molar refractivity (Wildman–Crippen MR) is 77.5 cm³/mol. The van der Waals surface area contributed by atoms with E-state index >= 15 is 0 Å². The van der Waals surface area contributed by atoms with Crippen LogP contribution in [0.15, 0.2) is 18.2 Å². The van der Waals surface area contributed by atoms with Gasteiger partial charge in [-0.25, -0.2) is 0 Å². The van der Waals surface area contributed by atoms with Crippen molar-refractivity contribution in [3.63, 3.8) is 0 Å². The van der Waals surface area contributed by atoms with Crippen LogP contribution in [0.3, 0.4) is 0 Å². The molecule has 0 amide bonds. The van der Waals surface area contributed by atoms with Crippen LogP contribution in [-0.2, 0) is 16.0 Å². The molecule has 5 heteroatoms. The van der Waals surface area contributed by atoms with Crippen LogP contribution in [0.2, 0.25) is 0 Å². The van der Waals surface area contributed by atoms with Gasteiger partial charge in [0.15, 0.2) is 11.5 Å². The maximum absolute atomic E-state index is 12.4. The van der Waals surface area contributed by atoms with E-state index in [4.69, 9.17) is 14.2 Å². The lowest BCUT2D eigenvalue weighted by Crippen LogP contribution is -2.57. The Kier molecular flexibility index (Phi) is 4.01. The van der Waals surface area contributed by atoms with Gasteiger partial charge in [-0.05, 0) is 50.4 Å². The van der Waals surface area contributed by atoms with Crippen LogP contribution in [0.1, 0.15) is 31.7 Å². The molecule has 1 N–H and O–H groups in total. The summed E-state index contributed by atoms with van der Waals surface area (Å²) in [5, 5.41) is 3.39. The molecule has 114 valence electrons. The lowest BCUT2D eigenvalue weighted by Gasteiger charge is -2.36. The van der Waals surface area contributed by atoms with E-state index in [1.165, 1.54) is 0 Å². The fourth-order valence-corrected chi connectivity index (χ4v) is 3.03. The summed E-state index contributed by atoms with van der Waals surface area (Å²) in [6, 6.07) is 5.85. The number of ether oxygens (including phenoxy) is 3. The number of hydrogen-bond acceptors (Lipinski definition) is 5. The average Bonchev–Trinajstić information content (AvgIpc) is 2.96. The molecule has 0 unspecified atom stereocenters. The smallest absolute Gasteiger partial charge is 0.326 e.